The molecule has 0 saturated carbocycles. The van der Waals surface area contributed by atoms with Gasteiger partial charge in [-0.3, -0.25) is 0 Å². The Morgan fingerprint density at radius 2 is 2.30 bits per heavy atom. The molecule has 1 saturated heterocycles. The average Bonchev–Trinajstić information content (AvgIpc) is 2.10. The first kappa shape index (κ1) is 7.94. The number of hydrogen-bond donors (Lipinski definition) is 2. The van der Waals surface area contributed by atoms with Gasteiger partial charge in [0.1, 0.15) is 12.3 Å². The summed E-state index contributed by atoms with van der Waals surface area (Å²) >= 11 is 0. The highest BCUT2D eigenvalue weighted by Crippen LogP contribution is 2.22. The molecule has 0 bridgehead atoms. The molecular weight excluding hydrogens is 134 g/mol. The number of aliphatic hydroxyl groups is 1. The van der Waals surface area contributed by atoms with E-state index in [2.05, 4.69) is 0 Å². The highest BCUT2D eigenvalue weighted by Gasteiger charge is 2.35. The summed E-state index contributed by atoms with van der Waals surface area (Å²) < 4.78 is 10.4. The first-order chi connectivity index (χ1) is 4.51. The molecule has 0 spiro atoms. The van der Waals surface area contributed by atoms with Gasteiger partial charge in [0.15, 0.2) is 5.79 Å². The van der Waals surface area contributed by atoms with Gasteiger partial charge in [-0.15, -0.1) is 0 Å². The van der Waals surface area contributed by atoms with Crippen molar-refractivity contribution in [2.24, 2.45) is 5.73 Å². The lowest BCUT2D eigenvalue weighted by atomic mass is 10.3. The van der Waals surface area contributed by atoms with Crippen LogP contribution in [0.2, 0.25) is 0 Å². The first-order valence-electron chi connectivity index (χ1n) is 3.27. The molecule has 3 N–H and O–H groups in total. The Balaban J connectivity index is 2.43. The van der Waals surface area contributed by atoms with Crippen molar-refractivity contribution in [1.29, 1.82) is 0 Å². The van der Waals surface area contributed by atoms with Crippen LogP contribution in [0.5, 0.6) is 0 Å². The molecule has 0 aliphatic carbocycles. The Hall–Kier alpha value is -0.160. The molecular formula is C6H13NO3. The van der Waals surface area contributed by atoms with Gasteiger partial charge >= 0.3 is 0 Å². The standard InChI is InChI=1S/C6H13NO3/c1-6(2)9-3-4(10-6)5(7)8/h4-5,8H,3,7H2,1-2H3/t4?,5-/m0/s1. The third-order valence-electron chi connectivity index (χ3n) is 1.41. The van der Waals surface area contributed by atoms with Gasteiger partial charge < -0.3 is 20.3 Å². The van der Waals surface area contributed by atoms with Gasteiger partial charge in [0.05, 0.1) is 6.61 Å². The first-order valence-corrected chi connectivity index (χ1v) is 3.27. The van der Waals surface area contributed by atoms with Crippen LogP contribution in [-0.4, -0.2) is 29.8 Å². The zero-order valence-electron chi connectivity index (χ0n) is 6.20. The molecule has 0 radical (unpaired) electrons. The summed E-state index contributed by atoms with van der Waals surface area (Å²) in [5, 5.41) is 8.86. The second-order valence-electron chi connectivity index (χ2n) is 2.86. The molecule has 4 heteroatoms. The van der Waals surface area contributed by atoms with Crippen molar-refractivity contribution in [2.45, 2.75) is 32.0 Å². The maximum atomic E-state index is 8.86. The SMILES string of the molecule is CC1(C)OCC([C@@H](N)O)O1. The Kier molecular flexibility index (Phi) is 1.96. The molecule has 1 unspecified atom stereocenters. The van der Waals surface area contributed by atoms with Crippen LogP contribution in [0.25, 0.3) is 0 Å². The van der Waals surface area contributed by atoms with Gasteiger partial charge in [0, 0.05) is 0 Å². The smallest absolute Gasteiger partial charge is 0.163 e. The van der Waals surface area contributed by atoms with Gasteiger partial charge in [-0.2, -0.15) is 0 Å². The molecule has 0 aromatic carbocycles. The van der Waals surface area contributed by atoms with E-state index in [4.69, 9.17) is 20.3 Å². The molecule has 1 aliphatic heterocycles. The molecule has 4 nitrogen and oxygen atoms in total. The highest BCUT2D eigenvalue weighted by atomic mass is 16.7. The molecule has 1 aliphatic rings. The van der Waals surface area contributed by atoms with E-state index < -0.39 is 12.0 Å². The number of hydrogen-bond acceptors (Lipinski definition) is 4. The van der Waals surface area contributed by atoms with Crippen molar-refractivity contribution in [3.05, 3.63) is 0 Å². The van der Waals surface area contributed by atoms with E-state index in [9.17, 15) is 0 Å². The van der Waals surface area contributed by atoms with E-state index in [1.165, 1.54) is 0 Å². The minimum absolute atomic E-state index is 0.366. The zero-order chi connectivity index (χ0) is 7.78. The molecule has 0 aromatic heterocycles. The molecule has 1 rings (SSSR count). The van der Waals surface area contributed by atoms with Gasteiger partial charge in [-0.1, -0.05) is 0 Å². The molecule has 0 aromatic rings. The summed E-state index contributed by atoms with van der Waals surface area (Å²) in [6.45, 7) is 3.94. The lowest BCUT2D eigenvalue weighted by molar-refractivity contribution is -0.150. The number of ether oxygens (including phenoxy) is 2. The largest absolute Gasteiger partial charge is 0.376 e. The van der Waals surface area contributed by atoms with Crippen LogP contribution in [0.1, 0.15) is 13.8 Å². The summed E-state index contributed by atoms with van der Waals surface area (Å²) in [5.74, 6) is -0.592. The van der Waals surface area contributed by atoms with Crippen LogP contribution < -0.4 is 5.73 Å². The lowest BCUT2D eigenvalue weighted by Gasteiger charge is -2.17. The van der Waals surface area contributed by atoms with Crippen LogP contribution >= 0.6 is 0 Å². The Labute approximate surface area is 59.9 Å². The third-order valence-corrected chi connectivity index (χ3v) is 1.41. The second-order valence-corrected chi connectivity index (χ2v) is 2.86. The van der Waals surface area contributed by atoms with Crippen LogP contribution in [0.3, 0.4) is 0 Å². The van der Waals surface area contributed by atoms with Crippen molar-refractivity contribution in [3.8, 4) is 0 Å². The van der Waals surface area contributed by atoms with Crippen LogP contribution in [0, 0.1) is 0 Å². The Morgan fingerprint density at radius 3 is 2.50 bits per heavy atom. The van der Waals surface area contributed by atoms with E-state index >= 15 is 0 Å². The molecule has 2 atom stereocenters. The van der Waals surface area contributed by atoms with E-state index in [1.807, 2.05) is 0 Å². The monoisotopic (exact) mass is 147 g/mol. The van der Waals surface area contributed by atoms with Crippen LogP contribution in [0.15, 0.2) is 0 Å². The summed E-state index contributed by atoms with van der Waals surface area (Å²) in [6, 6.07) is 0. The summed E-state index contributed by atoms with van der Waals surface area (Å²) in [4.78, 5) is 0. The number of aliphatic hydroxyl groups excluding tert-OH is 1. The van der Waals surface area contributed by atoms with E-state index in [0.29, 0.717) is 6.61 Å². The maximum absolute atomic E-state index is 8.86. The number of rotatable bonds is 1. The topological polar surface area (TPSA) is 64.7 Å². The predicted molar refractivity (Wildman–Crippen MR) is 35.1 cm³/mol. The average molecular weight is 147 g/mol. The minimum Gasteiger partial charge on any atom is -0.376 e. The van der Waals surface area contributed by atoms with Gasteiger partial charge in [-0.05, 0) is 13.8 Å². The molecule has 10 heavy (non-hydrogen) atoms. The summed E-state index contributed by atoms with van der Waals surface area (Å²) in [6.07, 6.45) is -1.32. The van der Waals surface area contributed by atoms with E-state index in [0.717, 1.165) is 0 Å². The highest BCUT2D eigenvalue weighted by molar-refractivity contribution is 4.73. The zero-order valence-corrected chi connectivity index (χ0v) is 6.20. The number of nitrogens with two attached hydrogens (primary N) is 1. The van der Waals surface area contributed by atoms with Gasteiger partial charge in [0.2, 0.25) is 0 Å². The Bertz CT molecular complexity index is 124. The second kappa shape index (κ2) is 2.47. The van der Waals surface area contributed by atoms with Crippen molar-refractivity contribution in [3.63, 3.8) is 0 Å². The van der Waals surface area contributed by atoms with Crippen molar-refractivity contribution in [2.75, 3.05) is 6.61 Å². The molecule has 1 heterocycles. The summed E-state index contributed by atoms with van der Waals surface area (Å²) in [7, 11) is 0. The maximum Gasteiger partial charge on any atom is 0.163 e. The van der Waals surface area contributed by atoms with Crippen molar-refractivity contribution < 1.29 is 14.6 Å². The quantitative estimate of drug-likeness (QED) is 0.487. The fourth-order valence-corrected chi connectivity index (χ4v) is 0.884. The van der Waals surface area contributed by atoms with E-state index in [-0.39, 0.29) is 6.10 Å². The predicted octanol–water partition coefficient (Wildman–Crippen LogP) is -0.585. The minimum atomic E-state index is -0.943. The molecule has 0 amide bonds. The molecule has 1 fully saturated rings. The normalized spacial score (nSPS) is 34.2. The van der Waals surface area contributed by atoms with Gasteiger partial charge in [-0.25, -0.2) is 0 Å². The summed E-state index contributed by atoms with van der Waals surface area (Å²) in [5.41, 5.74) is 5.17. The van der Waals surface area contributed by atoms with Crippen LogP contribution in [-0.2, 0) is 9.47 Å². The van der Waals surface area contributed by atoms with Crippen molar-refractivity contribution in [1.82, 2.24) is 0 Å². The van der Waals surface area contributed by atoms with Gasteiger partial charge in [0.25, 0.3) is 0 Å². The lowest BCUT2D eigenvalue weighted by Crippen LogP contribution is -2.37. The van der Waals surface area contributed by atoms with Crippen molar-refractivity contribution >= 4 is 0 Å². The van der Waals surface area contributed by atoms with E-state index in [1.54, 1.807) is 13.8 Å². The third kappa shape index (κ3) is 1.67. The fourth-order valence-electron chi connectivity index (χ4n) is 0.884. The van der Waals surface area contributed by atoms with Crippen LogP contribution in [0.4, 0.5) is 0 Å². The molecule has 60 valence electrons. The Morgan fingerprint density at radius 1 is 1.70 bits per heavy atom. The fraction of sp³-hybridized carbons (Fsp3) is 1.00.